The highest BCUT2D eigenvalue weighted by molar-refractivity contribution is 7.07. The standard InChI is InChI=1S/C27H24N4O5S/c1-14-8-9-19(15(2)10-14)30-25(33)23-22(16-6-5-7-17(11-16)35-3)18(13-28)24(29)31-26(34)20(37-27(23)31)12-21(32)36-4/h5-12,22H,29H2,1-4H3,(H,30,33)/b20-12-/t22-/m0/s1. The summed E-state index contributed by atoms with van der Waals surface area (Å²) < 4.78 is 11.4. The molecule has 4 rings (SSSR count). The summed E-state index contributed by atoms with van der Waals surface area (Å²) in [4.78, 5) is 39.1. The largest absolute Gasteiger partial charge is 0.497 e. The molecule has 188 valence electrons. The molecule has 1 aliphatic heterocycles. The van der Waals surface area contributed by atoms with Gasteiger partial charge in [0.25, 0.3) is 11.5 Å². The van der Waals surface area contributed by atoms with E-state index in [1.54, 1.807) is 30.3 Å². The summed E-state index contributed by atoms with van der Waals surface area (Å²) in [5, 5.41) is 13.1. The van der Waals surface area contributed by atoms with Gasteiger partial charge in [-0.05, 0) is 43.2 Å². The van der Waals surface area contributed by atoms with E-state index >= 15 is 0 Å². The van der Waals surface area contributed by atoms with Gasteiger partial charge in [-0.3, -0.25) is 14.2 Å². The van der Waals surface area contributed by atoms with Gasteiger partial charge in [0, 0.05) is 11.8 Å². The van der Waals surface area contributed by atoms with Crippen molar-refractivity contribution in [2.75, 3.05) is 19.5 Å². The lowest BCUT2D eigenvalue weighted by molar-refractivity contribution is -0.133. The Kier molecular flexibility index (Phi) is 7.00. The van der Waals surface area contributed by atoms with Crippen molar-refractivity contribution in [3.63, 3.8) is 0 Å². The van der Waals surface area contributed by atoms with Crippen molar-refractivity contribution in [2.24, 2.45) is 5.73 Å². The predicted molar refractivity (Wildman–Crippen MR) is 141 cm³/mol. The van der Waals surface area contributed by atoms with Crippen LogP contribution in [0.4, 0.5) is 5.69 Å². The van der Waals surface area contributed by atoms with Gasteiger partial charge in [0.2, 0.25) is 0 Å². The number of allylic oxidation sites excluding steroid dienone is 1. The number of hydrogen-bond acceptors (Lipinski definition) is 8. The molecule has 9 nitrogen and oxygen atoms in total. The van der Waals surface area contributed by atoms with Gasteiger partial charge in [-0.15, -0.1) is 11.3 Å². The Bertz CT molecular complexity index is 1690. The number of aryl methyl sites for hydroxylation is 2. The number of nitrogens with zero attached hydrogens (tertiary/aromatic N) is 2. The molecule has 2 aromatic carbocycles. The second kappa shape index (κ2) is 10.2. The monoisotopic (exact) mass is 516 g/mol. The molecule has 0 saturated carbocycles. The van der Waals surface area contributed by atoms with Crippen LogP contribution in [-0.2, 0) is 14.3 Å². The van der Waals surface area contributed by atoms with E-state index in [1.165, 1.54) is 14.2 Å². The molecule has 1 amide bonds. The van der Waals surface area contributed by atoms with Gasteiger partial charge < -0.3 is 20.5 Å². The van der Waals surface area contributed by atoms with E-state index in [-0.39, 0.29) is 26.2 Å². The van der Waals surface area contributed by atoms with Crippen LogP contribution in [0, 0.1) is 25.2 Å². The molecular formula is C27H24N4O5S. The number of esters is 1. The molecule has 2 heterocycles. The Balaban J connectivity index is 2.06. The van der Waals surface area contributed by atoms with Crippen LogP contribution in [0.2, 0.25) is 0 Å². The molecule has 10 heteroatoms. The van der Waals surface area contributed by atoms with Crippen LogP contribution in [0.1, 0.15) is 22.6 Å². The first-order valence-corrected chi connectivity index (χ1v) is 12.0. The maximum absolute atomic E-state index is 13.9. The Morgan fingerprint density at radius 3 is 2.59 bits per heavy atom. The maximum Gasteiger partial charge on any atom is 0.332 e. The number of hydrogen-bond donors (Lipinski definition) is 2. The van der Waals surface area contributed by atoms with Gasteiger partial charge in [-0.1, -0.05) is 29.8 Å². The molecule has 3 N–H and O–H groups in total. The minimum Gasteiger partial charge on any atom is -0.497 e. The maximum atomic E-state index is 13.9. The number of ether oxygens (including phenoxy) is 2. The molecule has 0 unspecified atom stereocenters. The Morgan fingerprint density at radius 2 is 1.95 bits per heavy atom. The third-order valence-electron chi connectivity index (χ3n) is 6.02. The molecule has 0 fully saturated rings. The lowest BCUT2D eigenvalue weighted by Gasteiger charge is -2.25. The molecule has 0 spiro atoms. The summed E-state index contributed by atoms with van der Waals surface area (Å²) in [6.07, 6.45) is 1.04. The number of nitrogens with one attached hydrogen (secondary N) is 1. The van der Waals surface area contributed by atoms with Crippen LogP contribution >= 0.6 is 11.3 Å². The van der Waals surface area contributed by atoms with E-state index in [9.17, 15) is 19.6 Å². The van der Waals surface area contributed by atoms with Crippen molar-refractivity contribution in [3.8, 4) is 11.8 Å². The molecule has 1 aliphatic rings. The van der Waals surface area contributed by atoms with Gasteiger partial charge in [0.05, 0.1) is 37.4 Å². The fourth-order valence-corrected chi connectivity index (χ4v) is 5.37. The van der Waals surface area contributed by atoms with E-state index in [0.717, 1.165) is 33.1 Å². The topological polar surface area (TPSA) is 136 Å². The predicted octanol–water partition coefficient (Wildman–Crippen LogP) is 1.73. The summed E-state index contributed by atoms with van der Waals surface area (Å²) in [7, 11) is 2.71. The summed E-state index contributed by atoms with van der Waals surface area (Å²) in [6.45, 7) is 3.82. The quantitative estimate of drug-likeness (QED) is 0.493. The van der Waals surface area contributed by atoms with Crippen molar-refractivity contribution in [3.05, 3.63) is 84.3 Å². The lowest BCUT2D eigenvalue weighted by Crippen LogP contribution is -2.41. The number of thiazole rings is 1. The van der Waals surface area contributed by atoms with Crippen molar-refractivity contribution in [1.29, 1.82) is 5.26 Å². The van der Waals surface area contributed by atoms with Crippen LogP contribution in [0.3, 0.4) is 0 Å². The van der Waals surface area contributed by atoms with Crippen LogP contribution in [0.25, 0.3) is 17.5 Å². The number of amides is 1. The highest BCUT2D eigenvalue weighted by Gasteiger charge is 2.36. The number of benzene rings is 2. The summed E-state index contributed by atoms with van der Waals surface area (Å²) >= 11 is 0.925. The number of carbonyl (C=O) groups is 2. The third-order valence-corrected chi connectivity index (χ3v) is 7.13. The van der Waals surface area contributed by atoms with Crippen LogP contribution in [-0.4, -0.2) is 30.7 Å². The number of nitrogens with two attached hydrogens (primary N) is 1. The van der Waals surface area contributed by atoms with E-state index in [2.05, 4.69) is 16.1 Å². The average Bonchev–Trinajstić information content (AvgIpc) is 3.20. The second-order valence-corrected chi connectivity index (χ2v) is 9.42. The Hall–Kier alpha value is -4.62. The van der Waals surface area contributed by atoms with E-state index in [0.29, 0.717) is 17.0 Å². The number of anilines is 1. The second-order valence-electron chi connectivity index (χ2n) is 8.39. The molecule has 0 saturated heterocycles. The third kappa shape index (κ3) is 4.64. The number of methoxy groups -OCH3 is 2. The fraction of sp³-hybridized carbons (Fsp3) is 0.185. The molecule has 0 aliphatic carbocycles. The number of nitriles is 1. The first-order valence-electron chi connectivity index (χ1n) is 11.2. The minimum atomic E-state index is -0.894. The zero-order valence-corrected chi connectivity index (χ0v) is 21.4. The molecule has 37 heavy (non-hydrogen) atoms. The smallest absolute Gasteiger partial charge is 0.332 e. The number of aromatic nitrogens is 1. The SMILES string of the molecule is COC(=O)/C=c1\sc2n(c1=O)C(N)=C(C#N)[C@H](c1cccc(OC)c1)C=2C(=O)Nc1ccc(C)cc1C. The highest BCUT2D eigenvalue weighted by atomic mass is 32.1. The van der Waals surface area contributed by atoms with E-state index < -0.39 is 23.4 Å². The highest BCUT2D eigenvalue weighted by Crippen LogP contribution is 2.38. The number of fused-ring (bicyclic) bond motifs is 1. The molecule has 1 aromatic heterocycles. The number of rotatable bonds is 5. The zero-order chi connectivity index (χ0) is 26.9. The summed E-state index contributed by atoms with van der Waals surface area (Å²) in [6, 6.07) is 14.6. The first kappa shape index (κ1) is 25.5. The molecule has 1 atom stereocenters. The molecule has 3 aromatic rings. The molecule has 0 bridgehead atoms. The first-order chi connectivity index (χ1) is 17.7. The van der Waals surface area contributed by atoms with Gasteiger partial charge in [0.15, 0.2) is 0 Å². The van der Waals surface area contributed by atoms with E-state index in [4.69, 9.17) is 10.5 Å². The molecular weight excluding hydrogens is 492 g/mol. The van der Waals surface area contributed by atoms with Crippen LogP contribution < -0.4 is 30.5 Å². The Labute approximate surface area is 216 Å². The number of carbonyl (C=O) groups excluding carboxylic acids is 2. The van der Waals surface area contributed by atoms with Gasteiger partial charge in [-0.25, -0.2) is 4.79 Å². The van der Waals surface area contributed by atoms with Crippen molar-refractivity contribution >= 4 is 46.4 Å². The summed E-state index contributed by atoms with van der Waals surface area (Å²) in [5.41, 5.74) is 8.94. The molecule has 0 radical (unpaired) electrons. The van der Waals surface area contributed by atoms with Crippen LogP contribution in [0.5, 0.6) is 5.75 Å². The van der Waals surface area contributed by atoms with Gasteiger partial charge in [0.1, 0.15) is 20.8 Å². The van der Waals surface area contributed by atoms with Crippen molar-refractivity contribution in [1.82, 2.24) is 4.57 Å². The minimum absolute atomic E-state index is 0.0187. The zero-order valence-electron chi connectivity index (χ0n) is 20.6. The van der Waals surface area contributed by atoms with Gasteiger partial charge >= 0.3 is 5.97 Å². The van der Waals surface area contributed by atoms with Crippen LogP contribution in [0.15, 0.2) is 52.8 Å². The fourth-order valence-electron chi connectivity index (χ4n) is 4.23. The van der Waals surface area contributed by atoms with Gasteiger partial charge in [-0.2, -0.15) is 5.26 Å². The summed E-state index contributed by atoms with van der Waals surface area (Å²) in [5.74, 6) is -1.73. The van der Waals surface area contributed by atoms with Crippen molar-refractivity contribution in [2.45, 2.75) is 19.8 Å². The van der Waals surface area contributed by atoms with E-state index in [1.807, 2.05) is 26.0 Å². The normalized spacial score (nSPS) is 15.2. The van der Waals surface area contributed by atoms with Crippen molar-refractivity contribution < 1.29 is 19.1 Å². The average molecular weight is 517 g/mol. The Morgan fingerprint density at radius 1 is 1.19 bits per heavy atom. The lowest BCUT2D eigenvalue weighted by atomic mass is 9.83.